The number of fused-ring (bicyclic) bond motifs is 5. The quantitative estimate of drug-likeness (QED) is 0.197. The van der Waals surface area contributed by atoms with Gasteiger partial charge in [0, 0.05) is 17.0 Å². The van der Waals surface area contributed by atoms with Gasteiger partial charge in [-0.05, 0) is 105 Å². The second-order valence-corrected chi connectivity index (χ2v) is 14.3. The second kappa shape index (κ2) is 10.5. The second-order valence-electron chi connectivity index (χ2n) is 13.7. The largest absolute Gasteiger partial charge is 0.459 e. The molecular weight excluding hydrogens is 452 g/mol. The highest BCUT2D eigenvalue weighted by molar-refractivity contribution is 6.31. The van der Waals surface area contributed by atoms with Gasteiger partial charge in [-0.3, -0.25) is 0 Å². The highest BCUT2D eigenvalue weighted by Crippen LogP contribution is 2.67. The van der Waals surface area contributed by atoms with E-state index >= 15 is 0 Å². The van der Waals surface area contributed by atoms with Crippen molar-refractivity contribution in [3.63, 3.8) is 0 Å². The third kappa shape index (κ3) is 5.17. The summed E-state index contributed by atoms with van der Waals surface area (Å²) in [6, 6.07) is 0. The van der Waals surface area contributed by atoms with Crippen LogP contribution in [-0.4, -0.2) is 12.1 Å². The zero-order chi connectivity index (χ0) is 25.5. The maximum absolute atomic E-state index is 12.5. The molecule has 0 spiro atoms. The van der Waals surface area contributed by atoms with E-state index in [4.69, 9.17) is 16.3 Å². The summed E-state index contributed by atoms with van der Waals surface area (Å²) in [5.74, 6) is 4.91. The summed E-state index contributed by atoms with van der Waals surface area (Å²) in [7, 11) is 0. The maximum Gasteiger partial charge on any atom is 0.335 e. The molecule has 3 saturated carbocycles. The number of hydrogen-bond donors (Lipinski definition) is 0. The molecule has 0 aliphatic heterocycles. The Balaban J connectivity index is 1.44. The number of rotatable bonds is 7. The molecule has 0 saturated heterocycles. The van der Waals surface area contributed by atoms with Crippen LogP contribution in [0.3, 0.4) is 0 Å². The number of ether oxygens (including phenoxy) is 1. The van der Waals surface area contributed by atoms with Gasteiger partial charge in [0.25, 0.3) is 0 Å². The fourth-order valence-electron chi connectivity index (χ4n) is 9.13. The lowest BCUT2D eigenvalue weighted by Crippen LogP contribution is -2.51. The molecule has 0 N–H and O–H groups in total. The predicted octanol–water partition coefficient (Wildman–Crippen LogP) is 9.47. The molecule has 0 aromatic heterocycles. The Kier molecular flexibility index (Phi) is 8.22. The van der Waals surface area contributed by atoms with Crippen molar-refractivity contribution in [3.05, 3.63) is 22.3 Å². The Morgan fingerprint density at radius 2 is 1.80 bits per heavy atom. The summed E-state index contributed by atoms with van der Waals surface area (Å²) in [4.78, 5) is 12.5. The Bertz CT molecular complexity index is 852. The van der Waals surface area contributed by atoms with Gasteiger partial charge in [-0.15, -0.1) is 0 Å². The van der Waals surface area contributed by atoms with Crippen molar-refractivity contribution in [3.8, 4) is 0 Å². The summed E-state index contributed by atoms with van der Waals surface area (Å²) in [6.45, 7) is 16.0. The topological polar surface area (TPSA) is 26.3 Å². The van der Waals surface area contributed by atoms with E-state index in [0.717, 1.165) is 54.8 Å². The molecule has 0 heterocycles. The van der Waals surface area contributed by atoms with Gasteiger partial charge in [0.05, 0.1) is 0 Å². The standard InChI is InChI=1S/C32H51ClO2/c1-20(2)9-8-10-21(3)27-13-14-28-26-12-11-24-19-25(35-30(34)22(4)23(5)33)15-17-31(24,6)29(26)16-18-32(27,28)7/h11,20-21,25-29H,8-10,12-19H2,1-7H3/b23-22+/t21-,25+,26+,27-,28+,29-,31+,32-/m1/s1. The molecular formula is C32H51ClO2. The summed E-state index contributed by atoms with van der Waals surface area (Å²) in [6.07, 6.45) is 16.8. The Labute approximate surface area is 220 Å². The van der Waals surface area contributed by atoms with Crippen LogP contribution in [0.4, 0.5) is 0 Å². The monoisotopic (exact) mass is 502 g/mol. The summed E-state index contributed by atoms with van der Waals surface area (Å²) in [5.41, 5.74) is 2.95. The van der Waals surface area contributed by atoms with E-state index < -0.39 is 0 Å². The van der Waals surface area contributed by atoms with E-state index in [0.29, 0.717) is 21.4 Å². The fraction of sp³-hybridized carbons (Fsp3) is 0.844. The van der Waals surface area contributed by atoms with E-state index in [1.54, 1.807) is 19.4 Å². The van der Waals surface area contributed by atoms with E-state index in [1.165, 1.54) is 51.4 Å². The molecule has 8 atom stereocenters. The lowest BCUT2D eigenvalue weighted by Gasteiger charge is -2.58. The van der Waals surface area contributed by atoms with Crippen molar-refractivity contribution in [2.75, 3.05) is 0 Å². The third-order valence-corrected chi connectivity index (χ3v) is 11.6. The number of carbonyl (C=O) groups excluding carboxylic acids is 1. The minimum Gasteiger partial charge on any atom is -0.459 e. The number of esters is 1. The van der Waals surface area contributed by atoms with E-state index in [1.807, 2.05) is 0 Å². The highest BCUT2D eigenvalue weighted by atomic mass is 35.5. The molecule has 198 valence electrons. The summed E-state index contributed by atoms with van der Waals surface area (Å²) in [5, 5.41) is 0.532. The molecule has 0 unspecified atom stereocenters. The SMILES string of the molecule is C/C(Cl)=C(/C)C(=O)O[C@H]1CC[C@@]2(C)C(=CC[C@@H]3[C@H]2CC[C@]2(C)[C@@H]([C@H](C)CCCC(C)C)CC[C@@H]32)C1. The predicted molar refractivity (Wildman–Crippen MR) is 147 cm³/mol. The van der Waals surface area contributed by atoms with Crippen LogP contribution in [-0.2, 0) is 9.53 Å². The van der Waals surface area contributed by atoms with Gasteiger partial charge in [0.2, 0.25) is 0 Å². The van der Waals surface area contributed by atoms with Crippen molar-refractivity contribution < 1.29 is 9.53 Å². The molecule has 2 nitrogen and oxygen atoms in total. The first kappa shape index (κ1) is 27.3. The Hall–Kier alpha value is -0.760. The molecule has 3 fully saturated rings. The van der Waals surface area contributed by atoms with E-state index in [-0.39, 0.29) is 12.1 Å². The third-order valence-electron chi connectivity index (χ3n) is 11.4. The average molecular weight is 503 g/mol. The molecule has 0 aromatic carbocycles. The zero-order valence-corrected chi connectivity index (χ0v) is 24.3. The molecule has 4 rings (SSSR count). The van der Waals surface area contributed by atoms with Crippen molar-refractivity contribution in [2.24, 2.45) is 46.3 Å². The fourth-order valence-corrected chi connectivity index (χ4v) is 9.21. The lowest BCUT2D eigenvalue weighted by atomic mass is 9.47. The summed E-state index contributed by atoms with van der Waals surface area (Å²) < 4.78 is 5.90. The van der Waals surface area contributed by atoms with E-state index in [2.05, 4.69) is 40.7 Å². The minimum atomic E-state index is -0.242. The molecule has 3 heteroatoms. The maximum atomic E-state index is 12.5. The van der Waals surface area contributed by atoms with Gasteiger partial charge in [0.15, 0.2) is 0 Å². The lowest BCUT2D eigenvalue weighted by molar-refractivity contribution is -0.146. The van der Waals surface area contributed by atoms with Gasteiger partial charge in [-0.1, -0.05) is 77.1 Å². The average Bonchev–Trinajstić information content (AvgIpc) is 3.15. The molecule has 4 aliphatic carbocycles. The molecule has 4 aliphatic rings. The van der Waals surface area contributed by atoms with Crippen LogP contribution in [0.1, 0.15) is 119 Å². The number of allylic oxidation sites excluding steroid dienone is 2. The Morgan fingerprint density at radius 1 is 1.06 bits per heavy atom. The Morgan fingerprint density at radius 3 is 2.49 bits per heavy atom. The van der Waals surface area contributed by atoms with Gasteiger partial charge >= 0.3 is 5.97 Å². The van der Waals surface area contributed by atoms with Crippen molar-refractivity contribution in [1.82, 2.24) is 0 Å². The minimum absolute atomic E-state index is 0.000692. The van der Waals surface area contributed by atoms with Crippen molar-refractivity contribution in [1.29, 1.82) is 0 Å². The smallest absolute Gasteiger partial charge is 0.335 e. The first-order chi connectivity index (χ1) is 16.5. The van der Waals surface area contributed by atoms with Gasteiger partial charge in [-0.2, -0.15) is 0 Å². The van der Waals surface area contributed by atoms with Crippen molar-refractivity contribution >= 4 is 17.6 Å². The first-order valence-electron chi connectivity index (χ1n) is 14.7. The van der Waals surface area contributed by atoms with Crippen LogP contribution in [0.5, 0.6) is 0 Å². The van der Waals surface area contributed by atoms with E-state index in [9.17, 15) is 4.79 Å². The molecule has 0 bridgehead atoms. The number of halogens is 1. The van der Waals surface area contributed by atoms with Gasteiger partial charge < -0.3 is 4.74 Å². The molecule has 0 radical (unpaired) electrons. The van der Waals surface area contributed by atoms with Crippen LogP contribution >= 0.6 is 11.6 Å². The molecule has 35 heavy (non-hydrogen) atoms. The summed E-state index contributed by atoms with van der Waals surface area (Å²) >= 11 is 6.04. The number of carbonyl (C=O) groups is 1. The van der Waals surface area contributed by atoms with Crippen LogP contribution < -0.4 is 0 Å². The normalized spacial score (nSPS) is 40.3. The van der Waals surface area contributed by atoms with Crippen LogP contribution in [0.2, 0.25) is 0 Å². The van der Waals surface area contributed by atoms with Gasteiger partial charge in [-0.25, -0.2) is 4.79 Å². The molecule has 0 aromatic rings. The molecule has 0 amide bonds. The van der Waals surface area contributed by atoms with Crippen molar-refractivity contribution in [2.45, 2.75) is 125 Å². The van der Waals surface area contributed by atoms with Gasteiger partial charge in [0.1, 0.15) is 6.10 Å². The van der Waals surface area contributed by atoms with Crippen LogP contribution in [0.15, 0.2) is 22.3 Å². The highest BCUT2D eigenvalue weighted by Gasteiger charge is 2.59. The first-order valence-corrected chi connectivity index (χ1v) is 15.1. The van der Waals surface area contributed by atoms with Crippen LogP contribution in [0.25, 0.3) is 0 Å². The number of hydrogen-bond acceptors (Lipinski definition) is 2. The van der Waals surface area contributed by atoms with Crippen LogP contribution in [0, 0.1) is 46.3 Å². The zero-order valence-electron chi connectivity index (χ0n) is 23.6.